The van der Waals surface area contributed by atoms with E-state index in [4.69, 9.17) is 11.6 Å². The van der Waals surface area contributed by atoms with Crippen molar-refractivity contribution in [2.75, 3.05) is 32.7 Å². The maximum absolute atomic E-state index is 5.84. The number of halogens is 1. The van der Waals surface area contributed by atoms with E-state index in [1.165, 1.54) is 0 Å². The molecule has 1 aromatic heterocycles. The smallest absolute Gasteiger partial charge is 0.150 e. The molecule has 88 valence electrons. The second-order valence-electron chi connectivity index (χ2n) is 4.08. The van der Waals surface area contributed by atoms with Crippen LogP contribution < -0.4 is 5.32 Å². The Labute approximate surface area is 101 Å². The van der Waals surface area contributed by atoms with Crippen molar-refractivity contribution in [1.82, 2.24) is 20.2 Å². The van der Waals surface area contributed by atoms with Gasteiger partial charge in [0.25, 0.3) is 0 Å². The van der Waals surface area contributed by atoms with Gasteiger partial charge >= 0.3 is 0 Å². The first-order chi connectivity index (χ1) is 7.75. The van der Waals surface area contributed by atoms with Gasteiger partial charge in [0.05, 0.1) is 17.6 Å². The first-order valence-electron chi connectivity index (χ1n) is 5.67. The van der Waals surface area contributed by atoms with E-state index in [-0.39, 0.29) is 0 Å². The van der Waals surface area contributed by atoms with Gasteiger partial charge in [0, 0.05) is 39.1 Å². The van der Waals surface area contributed by atoms with E-state index in [2.05, 4.69) is 20.2 Å². The monoisotopic (exact) mass is 240 g/mol. The molecule has 0 aromatic carbocycles. The number of aromatic nitrogens is 2. The van der Waals surface area contributed by atoms with Gasteiger partial charge in [-0.1, -0.05) is 11.6 Å². The van der Waals surface area contributed by atoms with Crippen molar-refractivity contribution >= 4 is 11.6 Å². The van der Waals surface area contributed by atoms with Gasteiger partial charge in [0.15, 0.2) is 0 Å². The zero-order chi connectivity index (χ0) is 11.4. The SMILES string of the molecule is Cc1nc(CCN2CCNCC2)cnc1Cl. The van der Waals surface area contributed by atoms with Crippen molar-refractivity contribution < 1.29 is 0 Å². The fourth-order valence-electron chi connectivity index (χ4n) is 1.84. The molecule has 2 rings (SSSR count). The Balaban J connectivity index is 1.86. The number of hydrogen-bond donors (Lipinski definition) is 1. The first kappa shape index (κ1) is 11.8. The molecule has 16 heavy (non-hydrogen) atoms. The summed E-state index contributed by atoms with van der Waals surface area (Å²) in [5.74, 6) is 0. The Hall–Kier alpha value is -0.710. The van der Waals surface area contributed by atoms with E-state index in [0.717, 1.165) is 50.5 Å². The van der Waals surface area contributed by atoms with Crippen molar-refractivity contribution in [2.24, 2.45) is 0 Å². The van der Waals surface area contributed by atoms with Gasteiger partial charge in [-0.25, -0.2) is 4.98 Å². The molecular formula is C11H17ClN4. The molecular weight excluding hydrogens is 224 g/mol. The highest BCUT2D eigenvalue weighted by Gasteiger charge is 2.09. The molecule has 1 aromatic rings. The molecule has 0 aliphatic carbocycles. The second-order valence-corrected chi connectivity index (χ2v) is 4.44. The normalized spacial score (nSPS) is 17.6. The third-order valence-corrected chi connectivity index (χ3v) is 3.20. The summed E-state index contributed by atoms with van der Waals surface area (Å²) in [6, 6.07) is 0. The highest BCUT2D eigenvalue weighted by molar-refractivity contribution is 6.29. The Morgan fingerprint density at radius 2 is 2.19 bits per heavy atom. The number of hydrogen-bond acceptors (Lipinski definition) is 4. The van der Waals surface area contributed by atoms with Gasteiger partial charge in [0.1, 0.15) is 5.15 Å². The molecule has 0 saturated carbocycles. The molecule has 1 saturated heterocycles. The van der Waals surface area contributed by atoms with Gasteiger partial charge in [-0.3, -0.25) is 4.98 Å². The number of rotatable bonds is 3. The van der Waals surface area contributed by atoms with Gasteiger partial charge < -0.3 is 10.2 Å². The molecule has 5 heteroatoms. The molecule has 0 unspecified atom stereocenters. The van der Waals surface area contributed by atoms with Crippen molar-refractivity contribution in [3.63, 3.8) is 0 Å². The van der Waals surface area contributed by atoms with Crippen LogP contribution in [0, 0.1) is 6.92 Å². The molecule has 0 spiro atoms. The third kappa shape index (κ3) is 3.14. The average molecular weight is 241 g/mol. The minimum Gasteiger partial charge on any atom is -0.314 e. The van der Waals surface area contributed by atoms with Crippen LogP contribution in [0.15, 0.2) is 6.20 Å². The maximum atomic E-state index is 5.84. The summed E-state index contributed by atoms with van der Waals surface area (Å²) in [6.45, 7) is 7.37. The van der Waals surface area contributed by atoms with E-state index >= 15 is 0 Å². The fourth-order valence-corrected chi connectivity index (χ4v) is 1.93. The Morgan fingerprint density at radius 3 is 2.88 bits per heavy atom. The highest BCUT2D eigenvalue weighted by Crippen LogP contribution is 2.09. The number of aryl methyl sites for hydroxylation is 1. The molecule has 2 heterocycles. The van der Waals surface area contributed by atoms with Crippen molar-refractivity contribution in [1.29, 1.82) is 0 Å². The van der Waals surface area contributed by atoms with Gasteiger partial charge in [0.2, 0.25) is 0 Å². The van der Waals surface area contributed by atoms with Gasteiger partial charge in [-0.15, -0.1) is 0 Å². The summed E-state index contributed by atoms with van der Waals surface area (Å²) < 4.78 is 0. The summed E-state index contributed by atoms with van der Waals surface area (Å²) in [7, 11) is 0. The third-order valence-electron chi connectivity index (χ3n) is 2.83. The van der Waals surface area contributed by atoms with E-state index in [1.807, 2.05) is 6.92 Å². The van der Waals surface area contributed by atoms with Crippen LogP contribution in [0.25, 0.3) is 0 Å². The predicted molar refractivity (Wildman–Crippen MR) is 64.8 cm³/mol. The van der Waals surface area contributed by atoms with Gasteiger partial charge in [-0.2, -0.15) is 0 Å². The molecule has 0 bridgehead atoms. The second kappa shape index (κ2) is 5.57. The predicted octanol–water partition coefficient (Wildman–Crippen LogP) is 0.886. The van der Waals surface area contributed by atoms with Crippen LogP contribution in [0.4, 0.5) is 0 Å². The average Bonchev–Trinajstić information content (AvgIpc) is 2.32. The van der Waals surface area contributed by atoms with Crippen molar-refractivity contribution in [3.8, 4) is 0 Å². The van der Waals surface area contributed by atoms with Crippen LogP contribution in [-0.4, -0.2) is 47.6 Å². The van der Waals surface area contributed by atoms with Crippen LogP contribution in [0.3, 0.4) is 0 Å². The molecule has 0 atom stereocenters. The highest BCUT2D eigenvalue weighted by atomic mass is 35.5. The van der Waals surface area contributed by atoms with Crippen molar-refractivity contribution in [3.05, 3.63) is 22.7 Å². The van der Waals surface area contributed by atoms with E-state index < -0.39 is 0 Å². The Bertz CT molecular complexity index is 350. The summed E-state index contributed by atoms with van der Waals surface area (Å²) >= 11 is 5.84. The molecule has 1 aliphatic rings. The Kier molecular flexibility index (Phi) is 4.09. The lowest BCUT2D eigenvalue weighted by molar-refractivity contribution is 0.243. The van der Waals surface area contributed by atoms with Gasteiger partial charge in [-0.05, 0) is 6.92 Å². The number of piperazine rings is 1. The first-order valence-corrected chi connectivity index (χ1v) is 6.04. The molecule has 1 fully saturated rings. The summed E-state index contributed by atoms with van der Waals surface area (Å²) in [5.41, 5.74) is 1.85. The zero-order valence-electron chi connectivity index (χ0n) is 9.54. The standard InChI is InChI=1S/C11H17ClN4/c1-9-11(12)14-8-10(15-9)2-5-16-6-3-13-4-7-16/h8,13H,2-7H2,1H3. The lowest BCUT2D eigenvalue weighted by atomic mass is 10.2. The molecule has 0 radical (unpaired) electrons. The minimum absolute atomic E-state index is 0.505. The van der Waals surface area contributed by atoms with Crippen LogP contribution >= 0.6 is 11.6 Å². The van der Waals surface area contributed by atoms with E-state index in [1.54, 1.807) is 6.20 Å². The summed E-state index contributed by atoms with van der Waals surface area (Å²) in [4.78, 5) is 11.0. The largest absolute Gasteiger partial charge is 0.314 e. The maximum Gasteiger partial charge on any atom is 0.150 e. The number of nitrogens with one attached hydrogen (secondary N) is 1. The van der Waals surface area contributed by atoms with Crippen molar-refractivity contribution in [2.45, 2.75) is 13.3 Å². The lowest BCUT2D eigenvalue weighted by Gasteiger charge is -2.26. The molecule has 1 aliphatic heterocycles. The summed E-state index contributed by atoms with van der Waals surface area (Å²) in [6.07, 6.45) is 2.72. The molecule has 0 amide bonds. The topological polar surface area (TPSA) is 41.1 Å². The quantitative estimate of drug-likeness (QED) is 0.852. The zero-order valence-corrected chi connectivity index (χ0v) is 10.3. The minimum atomic E-state index is 0.505. The molecule has 4 nitrogen and oxygen atoms in total. The van der Waals surface area contributed by atoms with Crippen LogP contribution in [0.5, 0.6) is 0 Å². The lowest BCUT2D eigenvalue weighted by Crippen LogP contribution is -2.44. The van der Waals surface area contributed by atoms with Crippen LogP contribution in [0.2, 0.25) is 5.15 Å². The Morgan fingerprint density at radius 1 is 1.44 bits per heavy atom. The summed E-state index contributed by atoms with van der Waals surface area (Å²) in [5, 5.41) is 3.85. The van der Waals surface area contributed by atoms with Crippen LogP contribution in [0.1, 0.15) is 11.4 Å². The molecule has 1 N–H and O–H groups in total. The van der Waals surface area contributed by atoms with Crippen LogP contribution in [-0.2, 0) is 6.42 Å². The number of nitrogens with zero attached hydrogens (tertiary/aromatic N) is 3. The van der Waals surface area contributed by atoms with E-state index in [9.17, 15) is 0 Å². The van der Waals surface area contributed by atoms with E-state index in [0.29, 0.717) is 5.15 Å². The fraction of sp³-hybridized carbons (Fsp3) is 0.636.